The van der Waals surface area contributed by atoms with Crippen molar-refractivity contribution in [3.8, 4) is 5.69 Å². The summed E-state index contributed by atoms with van der Waals surface area (Å²) in [5.74, 6) is 1.01. The van der Waals surface area contributed by atoms with Crippen LogP contribution >= 0.6 is 0 Å². The Hall–Kier alpha value is -1.81. The van der Waals surface area contributed by atoms with Gasteiger partial charge in [-0.1, -0.05) is 18.2 Å². The Morgan fingerprint density at radius 3 is 2.94 bits per heavy atom. The van der Waals surface area contributed by atoms with Gasteiger partial charge in [0, 0.05) is 19.2 Å². The Morgan fingerprint density at radius 2 is 2.17 bits per heavy atom. The molecule has 1 fully saturated rings. The molecule has 1 N–H and O–H groups in total. The standard InChI is InChI=1S/C14H17N3O/c1-2-5-12(6-3-1)17-14(8-9-16-17)15-11-13-7-4-10-18-13/h1-3,5-6,8-9,13,15H,4,7,10-11H2. The molecule has 2 aromatic rings. The first-order valence-corrected chi connectivity index (χ1v) is 6.38. The van der Waals surface area contributed by atoms with Crippen molar-refractivity contribution < 1.29 is 4.74 Å². The van der Waals surface area contributed by atoms with Crippen molar-refractivity contribution >= 4 is 5.82 Å². The maximum absolute atomic E-state index is 5.60. The molecule has 94 valence electrons. The first-order chi connectivity index (χ1) is 8.93. The van der Waals surface area contributed by atoms with Crippen molar-refractivity contribution in [2.75, 3.05) is 18.5 Å². The number of hydrogen-bond donors (Lipinski definition) is 1. The molecular formula is C14H17N3O. The number of ether oxygens (including phenoxy) is 1. The van der Waals surface area contributed by atoms with Crippen molar-refractivity contribution in [3.05, 3.63) is 42.6 Å². The molecule has 4 nitrogen and oxygen atoms in total. The van der Waals surface area contributed by atoms with Gasteiger partial charge in [0.25, 0.3) is 0 Å². The summed E-state index contributed by atoms with van der Waals surface area (Å²) in [6.07, 6.45) is 4.46. The molecule has 1 saturated heterocycles. The van der Waals surface area contributed by atoms with E-state index in [1.807, 2.05) is 47.3 Å². The van der Waals surface area contributed by atoms with Crippen molar-refractivity contribution in [1.29, 1.82) is 0 Å². The molecule has 0 radical (unpaired) electrons. The minimum Gasteiger partial charge on any atom is -0.376 e. The molecule has 1 aliphatic rings. The van der Waals surface area contributed by atoms with Gasteiger partial charge in [-0.2, -0.15) is 5.10 Å². The summed E-state index contributed by atoms with van der Waals surface area (Å²) in [5.41, 5.74) is 1.07. The third-order valence-electron chi connectivity index (χ3n) is 3.18. The van der Waals surface area contributed by atoms with Gasteiger partial charge in [0.15, 0.2) is 0 Å². The van der Waals surface area contributed by atoms with Crippen molar-refractivity contribution in [3.63, 3.8) is 0 Å². The maximum Gasteiger partial charge on any atom is 0.129 e. The average molecular weight is 243 g/mol. The highest BCUT2D eigenvalue weighted by Gasteiger charge is 2.15. The third kappa shape index (κ3) is 2.38. The number of anilines is 1. The molecule has 2 heterocycles. The molecule has 4 heteroatoms. The summed E-state index contributed by atoms with van der Waals surface area (Å²) >= 11 is 0. The SMILES string of the molecule is c1ccc(-n2nccc2NCC2CCCO2)cc1. The van der Waals surface area contributed by atoms with Crippen LogP contribution in [0.3, 0.4) is 0 Å². The van der Waals surface area contributed by atoms with E-state index in [0.29, 0.717) is 6.10 Å². The van der Waals surface area contributed by atoms with Gasteiger partial charge in [-0.15, -0.1) is 0 Å². The summed E-state index contributed by atoms with van der Waals surface area (Å²) in [6.45, 7) is 1.74. The van der Waals surface area contributed by atoms with E-state index in [1.54, 1.807) is 0 Å². The van der Waals surface area contributed by atoms with Crippen LogP contribution in [0.1, 0.15) is 12.8 Å². The normalized spacial score (nSPS) is 19.0. The van der Waals surface area contributed by atoms with E-state index in [4.69, 9.17) is 4.74 Å². The Morgan fingerprint density at radius 1 is 1.28 bits per heavy atom. The van der Waals surface area contributed by atoms with Crippen molar-refractivity contribution in [2.24, 2.45) is 0 Å². The molecule has 0 spiro atoms. The highest BCUT2D eigenvalue weighted by atomic mass is 16.5. The van der Waals surface area contributed by atoms with Crippen LogP contribution in [0.15, 0.2) is 42.6 Å². The van der Waals surface area contributed by atoms with Crippen LogP contribution in [0.25, 0.3) is 5.69 Å². The quantitative estimate of drug-likeness (QED) is 0.896. The largest absolute Gasteiger partial charge is 0.376 e. The molecule has 1 atom stereocenters. The second kappa shape index (κ2) is 5.23. The average Bonchev–Trinajstić information content (AvgIpc) is 3.09. The number of aromatic nitrogens is 2. The lowest BCUT2D eigenvalue weighted by atomic mass is 10.2. The zero-order valence-electron chi connectivity index (χ0n) is 10.2. The second-order valence-electron chi connectivity index (χ2n) is 4.48. The van der Waals surface area contributed by atoms with Crippen LogP contribution < -0.4 is 5.32 Å². The number of hydrogen-bond acceptors (Lipinski definition) is 3. The summed E-state index contributed by atoms with van der Waals surface area (Å²) < 4.78 is 7.52. The second-order valence-corrected chi connectivity index (χ2v) is 4.48. The third-order valence-corrected chi connectivity index (χ3v) is 3.18. The fraction of sp³-hybridized carbons (Fsp3) is 0.357. The molecule has 0 aliphatic carbocycles. The first kappa shape index (κ1) is 11.3. The zero-order valence-corrected chi connectivity index (χ0v) is 10.2. The van der Waals surface area contributed by atoms with Gasteiger partial charge in [0.2, 0.25) is 0 Å². The van der Waals surface area contributed by atoms with Crippen molar-refractivity contribution in [1.82, 2.24) is 9.78 Å². The minimum atomic E-state index is 0.337. The fourth-order valence-electron chi connectivity index (χ4n) is 2.24. The number of para-hydroxylation sites is 1. The van der Waals surface area contributed by atoms with Crippen LogP contribution in [0, 0.1) is 0 Å². The van der Waals surface area contributed by atoms with Crippen LogP contribution in [0.4, 0.5) is 5.82 Å². The summed E-state index contributed by atoms with van der Waals surface area (Å²) in [4.78, 5) is 0. The molecule has 1 aromatic carbocycles. The van der Waals surface area contributed by atoms with Crippen LogP contribution in [-0.2, 0) is 4.74 Å². The van der Waals surface area contributed by atoms with E-state index >= 15 is 0 Å². The molecule has 0 bridgehead atoms. The van der Waals surface area contributed by atoms with Crippen molar-refractivity contribution in [2.45, 2.75) is 18.9 Å². The monoisotopic (exact) mass is 243 g/mol. The van der Waals surface area contributed by atoms with Gasteiger partial charge in [-0.25, -0.2) is 4.68 Å². The summed E-state index contributed by atoms with van der Waals surface area (Å²) in [7, 11) is 0. The number of rotatable bonds is 4. The molecule has 0 amide bonds. The van der Waals surface area contributed by atoms with E-state index in [1.165, 1.54) is 6.42 Å². The minimum absolute atomic E-state index is 0.337. The van der Waals surface area contributed by atoms with Crippen LogP contribution in [0.5, 0.6) is 0 Å². The fourth-order valence-corrected chi connectivity index (χ4v) is 2.24. The molecule has 1 unspecified atom stereocenters. The van der Waals surface area contributed by atoms with Crippen LogP contribution in [0.2, 0.25) is 0 Å². The Bertz CT molecular complexity index is 489. The predicted octanol–water partition coefficient (Wildman–Crippen LogP) is 2.46. The van der Waals surface area contributed by atoms with Gasteiger partial charge in [-0.3, -0.25) is 0 Å². The Kier molecular flexibility index (Phi) is 3.28. The van der Waals surface area contributed by atoms with Gasteiger partial charge in [0.1, 0.15) is 5.82 Å². The zero-order chi connectivity index (χ0) is 12.2. The maximum atomic E-state index is 5.60. The highest BCUT2D eigenvalue weighted by molar-refractivity contribution is 5.44. The number of benzene rings is 1. The van der Waals surface area contributed by atoms with E-state index in [-0.39, 0.29) is 0 Å². The smallest absolute Gasteiger partial charge is 0.129 e. The van der Waals surface area contributed by atoms with E-state index in [2.05, 4.69) is 10.4 Å². The predicted molar refractivity (Wildman–Crippen MR) is 71.0 cm³/mol. The Labute approximate surface area is 107 Å². The van der Waals surface area contributed by atoms with Gasteiger partial charge in [0.05, 0.1) is 18.0 Å². The lowest BCUT2D eigenvalue weighted by Gasteiger charge is -2.13. The molecule has 1 aromatic heterocycles. The van der Waals surface area contributed by atoms with E-state index in [9.17, 15) is 0 Å². The number of nitrogens with zero attached hydrogens (tertiary/aromatic N) is 2. The topological polar surface area (TPSA) is 39.1 Å². The summed E-state index contributed by atoms with van der Waals surface area (Å²) in [6, 6.07) is 12.1. The molecule has 0 saturated carbocycles. The van der Waals surface area contributed by atoms with Gasteiger partial charge in [-0.05, 0) is 25.0 Å². The first-order valence-electron chi connectivity index (χ1n) is 6.38. The molecule has 1 aliphatic heterocycles. The van der Waals surface area contributed by atoms with Crippen LogP contribution in [-0.4, -0.2) is 29.0 Å². The van der Waals surface area contributed by atoms with Gasteiger partial charge < -0.3 is 10.1 Å². The highest BCUT2D eigenvalue weighted by Crippen LogP contribution is 2.16. The lowest BCUT2D eigenvalue weighted by molar-refractivity contribution is 0.120. The van der Waals surface area contributed by atoms with Gasteiger partial charge >= 0.3 is 0 Å². The van der Waals surface area contributed by atoms with E-state index in [0.717, 1.165) is 31.1 Å². The molecule has 3 rings (SSSR count). The number of nitrogens with one attached hydrogen (secondary N) is 1. The Balaban J connectivity index is 1.71. The summed E-state index contributed by atoms with van der Waals surface area (Å²) in [5, 5.41) is 7.75. The lowest BCUT2D eigenvalue weighted by Crippen LogP contribution is -2.19. The molecule has 18 heavy (non-hydrogen) atoms. The van der Waals surface area contributed by atoms with E-state index < -0.39 is 0 Å². The molecular weight excluding hydrogens is 226 g/mol.